The molecule has 0 aliphatic carbocycles. The lowest BCUT2D eigenvalue weighted by atomic mass is 9.90. The van der Waals surface area contributed by atoms with Gasteiger partial charge in [-0.25, -0.2) is 0 Å². The van der Waals surface area contributed by atoms with Gasteiger partial charge in [0.2, 0.25) is 0 Å². The molecule has 90 valence electrons. The van der Waals surface area contributed by atoms with Gasteiger partial charge >= 0.3 is 0 Å². The SMILES string of the molecule is CSc1ccc([C@@H]2C[C@H](C)CCN2)cc1.Cl. The molecule has 0 radical (unpaired) electrons. The standard InChI is InChI=1S/C13H19NS.ClH/c1-10-7-8-14-13(9-10)11-3-5-12(15-2)6-4-11;/h3-6,10,13-14H,7-9H2,1-2H3;1H/t10-,13+;/m1./s1. The molecule has 0 spiro atoms. The van der Waals surface area contributed by atoms with E-state index in [1.807, 2.05) is 0 Å². The molecule has 1 aliphatic rings. The third-order valence-electron chi connectivity index (χ3n) is 3.18. The second-order valence-corrected chi connectivity index (χ2v) is 5.29. The molecule has 0 saturated carbocycles. The maximum Gasteiger partial charge on any atom is 0.0322 e. The van der Waals surface area contributed by atoms with Gasteiger partial charge in [0, 0.05) is 10.9 Å². The topological polar surface area (TPSA) is 12.0 Å². The van der Waals surface area contributed by atoms with Crippen molar-refractivity contribution in [2.24, 2.45) is 5.92 Å². The van der Waals surface area contributed by atoms with Gasteiger partial charge in [0.1, 0.15) is 0 Å². The molecular weight excluding hydrogens is 238 g/mol. The van der Waals surface area contributed by atoms with E-state index in [0.717, 1.165) is 12.5 Å². The van der Waals surface area contributed by atoms with E-state index in [1.54, 1.807) is 11.8 Å². The normalized spacial score (nSPS) is 24.9. The fourth-order valence-corrected chi connectivity index (χ4v) is 2.61. The van der Waals surface area contributed by atoms with Crippen LogP contribution < -0.4 is 5.32 Å². The predicted octanol–water partition coefficient (Wildman–Crippen LogP) is 3.89. The second-order valence-electron chi connectivity index (χ2n) is 4.41. The highest BCUT2D eigenvalue weighted by Crippen LogP contribution is 2.27. The van der Waals surface area contributed by atoms with E-state index in [-0.39, 0.29) is 12.4 Å². The number of rotatable bonds is 2. The molecule has 1 N–H and O–H groups in total. The van der Waals surface area contributed by atoms with Crippen molar-refractivity contribution in [2.45, 2.75) is 30.7 Å². The summed E-state index contributed by atoms with van der Waals surface area (Å²) in [5.74, 6) is 0.858. The Morgan fingerprint density at radius 2 is 1.94 bits per heavy atom. The molecule has 1 nitrogen and oxygen atoms in total. The van der Waals surface area contributed by atoms with Crippen molar-refractivity contribution < 1.29 is 0 Å². The van der Waals surface area contributed by atoms with Gasteiger partial charge in [-0.05, 0) is 49.3 Å². The Morgan fingerprint density at radius 1 is 1.25 bits per heavy atom. The fourth-order valence-electron chi connectivity index (χ4n) is 2.20. The number of nitrogens with one attached hydrogen (secondary N) is 1. The van der Waals surface area contributed by atoms with Gasteiger partial charge in [0.25, 0.3) is 0 Å². The molecule has 1 saturated heterocycles. The molecular formula is C13H20ClNS. The molecule has 1 aliphatic heterocycles. The van der Waals surface area contributed by atoms with Gasteiger partial charge < -0.3 is 5.32 Å². The Labute approximate surface area is 109 Å². The number of hydrogen-bond acceptors (Lipinski definition) is 2. The van der Waals surface area contributed by atoms with Crippen LogP contribution in [0.1, 0.15) is 31.4 Å². The third kappa shape index (κ3) is 3.41. The van der Waals surface area contributed by atoms with E-state index in [1.165, 1.54) is 23.3 Å². The Balaban J connectivity index is 0.00000128. The van der Waals surface area contributed by atoms with E-state index in [4.69, 9.17) is 0 Å². The van der Waals surface area contributed by atoms with Crippen LogP contribution in [0.15, 0.2) is 29.2 Å². The van der Waals surface area contributed by atoms with Crippen LogP contribution in [-0.4, -0.2) is 12.8 Å². The van der Waals surface area contributed by atoms with Gasteiger partial charge in [0.15, 0.2) is 0 Å². The lowest BCUT2D eigenvalue weighted by Gasteiger charge is -2.28. The van der Waals surface area contributed by atoms with Crippen molar-refractivity contribution in [3.63, 3.8) is 0 Å². The predicted molar refractivity (Wildman–Crippen MR) is 74.6 cm³/mol. The summed E-state index contributed by atoms with van der Waals surface area (Å²) in [5.41, 5.74) is 1.44. The number of hydrogen-bond donors (Lipinski definition) is 1. The van der Waals surface area contributed by atoms with Crippen LogP contribution in [0.3, 0.4) is 0 Å². The smallest absolute Gasteiger partial charge is 0.0322 e. The molecule has 1 fully saturated rings. The van der Waals surface area contributed by atoms with Gasteiger partial charge in [-0.3, -0.25) is 0 Å². The highest BCUT2D eigenvalue weighted by molar-refractivity contribution is 7.98. The highest BCUT2D eigenvalue weighted by atomic mass is 35.5. The summed E-state index contributed by atoms with van der Waals surface area (Å²) < 4.78 is 0. The van der Waals surface area contributed by atoms with Crippen LogP contribution in [0, 0.1) is 5.92 Å². The van der Waals surface area contributed by atoms with E-state index < -0.39 is 0 Å². The summed E-state index contributed by atoms with van der Waals surface area (Å²) in [4.78, 5) is 1.35. The number of halogens is 1. The Kier molecular flexibility index (Phi) is 5.67. The summed E-state index contributed by atoms with van der Waals surface area (Å²) >= 11 is 1.80. The zero-order chi connectivity index (χ0) is 10.7. The zero-order valence-electron chi connectivity index (χ0n) is 9.90. The lowest BCUT2D eigenvalue weighted by Crippen LogP contribution is -2.30. The Bertz CT molecular complexity index is 312. The first-order chi connectivity index (χ1) is 7.29. The average molecular weight is 258 g/mol. The van der Waals surface area contributed by atoms with E-state index >= 15 is 0 Å². The van der Waals surface area contributed by atoms with Crippen molar-refractivity contribution in [1.29, 1.82) is 0 Å². The zero-order valence-corrected chi connectivity index (χ0v) is 11.5. The van der Waals surface area contributed by atoms with Crippen LogP contribution >= 0.6 is 24.2 Å². The second kappa shape index (κ2) is 6.53. The van der Waals surface area contributed by atoms with Crippen LogP contribution in [-0.2, 0) is 0 Å². The largest absolute Gasteiger partial charge is 0.310 e. The Morgan fingerprint density at radius 3 is 2.50 bits per heavy atom. The van der Waals surface area contributed by atoms with Gasteiger partial charge in [-0.2, -0.15) is 0 Å². The van der Waals surface area contributed by atoms with Crippen molar-refractivity contribution in [1.82, 2.24) is 5.32 Å². The summed E-state index contributed by atoms with van der Waals surface area (Å²) in [6.07, 6.45) is 4.72. The third-order valence-corrected chi connectivity index (χ3v) is 3.93. The molecule has 1 aromatic rings. The first kappa shape index (κ1) is 13.9. The van der Waals surface area contributed by atoms with Crippen molar-refractivity contribution in [2.75, 3.05) is 12.8 Å². The fraction of sp³-hybridized carbons (Fsp3) is 0.538. The number of piperidine rings is 1. The van der Waals surface area contributed by atoms with Crippen molar-refractivity contribution in [3.05, 3.63) is 29.8 Å². The quantitative estimate of drug-likeness (QED) is 0.807. The summed E-state index contributed by atoms with van der Waals surface area (Å²) in [6.45, 7) is 3.51. The van der Waals surface area contributed by atoms with E-state index in [0.29, 0.717) is 6.04 Å². The molecule has 1 heterocycles. The number of thioether (sulfide) groups is 1. The molecule has 0 unspecified atom stereocenters. The van der Waals surface area contributed by atoms with Gasteiger partial charge in [0.05, 0.1) is 0 Å². The molecule has 2 atom stereocenters. The molecule has 3 heteroatoms. The first-order valence-electron chi connectivity index (χ1n) is 5.67. The van der Waals surface area contributed by atoms with Gasteiger partial charge in [-0.1, -0.05) is 19.1 Å². The Hall–Kier alpha value is -0.180. The molecule has 1 aromatic carbocycles. The molecule has 16 heavy (non-hydrogen) atoms. The summed E-state index contributed by atoms with van der Waals surface area (Å²) in [7, 11) is 0. The molecule has 0 bridgehead atoms. The first-order valence-corrected chi connectivity index (χ1v) is 6.89. The molecule has 0 aromatic heterocycles. The van der Waals surface area contributed by atoms with E-state index in [2.05, 4.69) is 42.8 Å². The van der Waals surface area contributed by atoms with Crippen LogP contribution in [0.25, 0.3) is 0 Å². The maximum atomic E-state index is 3.60. The van der Waals surface area contributed by atoms with Crippen LogP contribution in [0.4, 0.5) is 0 Å². The van der Waals surface area contributed by atoms with Crippen LogP contribution in [0.5, 0.6) is 0 Å². The average Bonchev–Trinajstić information content (AvgIpc) is 2.29. The van der Waals surface area contributed by atoms with Crippen LogP contribution in [0.2, 0.25) is 0 Å². The van der Waals surface area contributed by atoms with Gasteiger partial charge in [-0.15, -0.1) is 24.2 Å². The van der Waals surface area contributed by atoms with Crippen molar-refractivity contribution in [3.8, 4) is 0 Å². The number of benzene rings is 1. The summed E-state index contributed by atoms with van der Waals surface area (Å²) in [5, 5.41) is 3.60. The minimum atomic E-state index is 0. The van der Waals surface area contributed by atoms with E-state index in [9.17, 15) is 0 Å². The molecule has 0 amide bonds. The summed E-state index contributed by atoms with van der Waals surface area (Å²) in [6, 6.07) is 9.55. The monoisotopic (exact) mass is 257 g/mol. The highest BCUT2D eigenvalue weighted by Gasteiger charge is 2.19. The molecule has 2 rings (SSSR count). The lowest BCUT2D eigenvalue weighted by molar-refractivity contribution is 0.325. The van der Waals surface area contributed by atoms with Crippen molar-refractivity contribution >= 4 is 24.2 Å². The minimum absolute atomic E-state index is 0. The maximum absolute atomic E-state index is 3.60. The minimum Gasteiger partial charge on any atom is -0.310 e.